The number of nitrogens with two attached hydrogens (primary N) is 1. The molecular formula is C12H16N2O4. The predicted molar refractivity (Wildman–Crippen MR) is 66.3 cm³/mol. The lowest BCUT2D eigenvalue weighted by Gasteiger charge is -2.11. The molecule has 6 heteroatoms. The second-order valence-corrected chi connectivity index (χ2v) is 4.03. The van der Waals surface area contributed by atoms with Crippen molar-refractivity contribution in [2.45, 2.75) is 25.8 Å². The van der Waals surface area contributed by atoms with Crippen molar-refractivity contribution in [2.24, 2.45) is 5.73 Å². The Morgan fingerprint density at radius 2 is 2.11 bits per heavy atom. The van der Waals surface area contributed by atoms with Gasteiger partial charge in [0.15, 0.2) is 0 Å². The van der Waals surface area contributed by atoms with E-state index < -0.39 is 17.9 Å². The normalized spacial score (nSPS) is 11.9. The quantitative estimate of drug-likeness (QED) is 0.580. The van der Waals surface area contributed by atoms with Crippen LogP contribution in [-0.2, 0) is 9.59 Å². The predicted octanol–water partition coefficient (Wildman–Crippen LogP) is 0.831. The lowest BCUT2D eigenvalue weighted by molar-refractivity contribution is -0.137. The summed E-state index contributed by atoms with van der Waals surface area (Å²) in [6.07, 6.45) is -0.0680. The van der Waals surface area contributed by atoms with Crippen LogP contribution in [0.3, 0.4) is 0 Å². The van der Waals surface area contributed by atoms with Gasteiger partial charge in [-0.3, -0.25) is 9.59 Å². The zero-order valence-corrected chi connectivity index (χ0v) is 10.0. The SMILES string of the molecule is Cc1cc(NC(=O)C(N)CCC(=O)O)ccc1O. The van der Waals surface area contributed by atoms with Crippen LogP contribution >= 0.6 is 0 Å². The summed E-state index contributed by atoms with van der Waals surface area (Å²) in [5, 5.41) is 20.4. The fraction of sp³-hybridized carbons (Fsp3) is 0.333. The molecule has 1 rings (SSSR count). The molecule has 0 aliphatic heterocycles. The Morgan fingerprint density at radius 3 is 2.67 bits per heavy atom. The van der Waals surface area contributed by atoms with Crippen molar-refractivity contribution in [3.63, 3.8) is 0 Å². The van der Waals surface area contributed by atoms with Crippen LogP contribution in [0.2, 0.25) is 0 Å². The van der Waals surface area contributed by atoms with Crippen molar-refractivity contribution in [2.75, 3.05) is 5.32 Å². The highest BCUT2D eigenvalue weighted by atomic mass is 16.4. The van der Waals surface area contributed by atoms with Gasteiger partial charge in [-0.2, -0.15) is 0 Å². The Balaban J connectivity index is 2.58. The van der Waals surface area contributed by atoms with E-state index in [2.05, 4.69) is 5.32 Å². The molecule has 0 saturated heterocycles. The van der Waals surface area contributed by atoms with E-state index in [-0.39, 0.29) is 18.6 Å². The smallest absolute Gasteiger partial charge is 0.303 e. The summed E-state index contributed by atoms with van der Waals surface area (Å²) in [6, 6.07) is 3.75. The zero-order valence-electron chi connectivity index (χ0n) is 10.0. The maximum atomic E-state index is 11.6. The summed E-state index contributed by atoms with van der Waals surface area (Å²) < 4.78 is 0. The molecular weight excluding hydrogens is 236 g/mol. The van der Waals surface area contributed by atoms with Gasteiger partial charge in [-0.05, 0) is 37.1 Å². The summed E-state index contributed by atoms with van der Waals surface area (Å²) in [5.41, 5.74) is 6.70. The van der Waals surface area contributed by atoms with Gasteiger partial charge in [-0.15, -0.1) is 0 Å². The molecule has 0 aliphatic carbocycles. The highest BCUT2D eigenvalue weighted by Crippen LogP contribution is 2.20. The third-order valence-corrected chi connectivity index (χ3v) is 2.47. The first-order valence-electron chi connectivity index (χ1n) is 5.48. The topological polar surface area (TPSA) is 113 Å². The number of carbonyl (C=O) groups is 2. The van der Waals surface area contributed by atoms with E-state index in [1.54, 1.807) is 19.1 Å². The van der Waals surface area contributed by atoms with Gasteiger partial charge in [0.25, 0.3) is 0 Å². The molecule has 0 aromatic heterocycles. The number of carbonyl (C=O) groups excluding carboxylic acids is 1. The number of amides is 1. The highest BCUT2D eigenvalue weighted by Gasteiger charge is 2.15. The van der Waals surface area contributed by atoms with E-state index in [1.165, 1.54) is 6.07 Å². The largest absolute Gasteiger partial charge is 0.508 e. The molecule has 1 aromatic rings. The fourth-order valence-electron chi connectivity index (χ4n) is 1.38. The molecule has 5 N–H and O–H groups in total. The van der Waals surface area contributed by atoms with E-state index in [1.807, 2.05) is 0 Å². The molecule has 18 heavy (non-hydrogen) atoms. The van der Waals surface area contributed by atoms with Crippen LogP contribution in [0.25, 0.3) is 0 Å². The fourth-order valence-corrected chi connectivity index (χ4v) is 1.38. The summed E-state index contributed by atoms with van der Waals surface area (Å²) in [5.74, 6) is -1.29. The number of benzene rings is 1. The van der Waals surface area contributed by atoms with Gasteiger partial charge in [0.2, 0.25) is 5.91 Å². The number of phenolic OH excluding ortho intramolecular Hbond substituents is 1. The van der Waals surface area contributed by atoms with Gasteiger partial charge in [-0.1, -0.05) is 0 Å². The number of nitrogens with one attached hydrogen (secondary N) is 1. The number of aromatic hydroxyl groups is 1. The highest BCUT2D eigenvalue weighted by molar-refractivity contribution is 5.95. The second kappa shape index (κ2) is 6.02. The second-order valence-electron chi connectivity index (χ2n) is 4.03. The molecule has 1 aromatic carbocycles. The molecule has 0 bridgehead atoms. The van der Waals surface area contributed by atoms with Crippen LogP contribution in [-0.4, -0.2) is 28.1 Å². The first kappa shape index (κ1) is 14.0. The molecule has 0 radical (unpaired) electrons. The van der Waals surface area contributed by atoms with Crippen LogP contribution in [0.15, 0.2) is 18.2 Å². The summed E-state index contributed by atoms with van der Waals surface area (Å²) in [4.78, 5) is 22.0. The Labute approximate surface area is 104 Å². The first-order valence-corrected chi connectivity index (χ1v) is 5.48. The number of aliphatic carboxylic acids is 1. The van der Waals surface area contributed by atoms with E-state index in [9.17, 15) is 14.7 Å². The summed E-state index contributed by atoms with van der Waals surface area (Å²) in [7, 11) is 0. The minimum atomic E-state index is -0.987. The van der Waals surface area contributed by atoms with Crippen molar-refractivity contribution in [3.8, 4) is 5.75 Å². The van der Waals surface area contributed by atoms with Crippen molar-refractivity contribution in [1.29, 1.82) is 0 Å². The van der Waals surface area contributed by atoms with Gasteiger partial charge >= 0.3 is 5.97 Å². The minimum Gasteiger partial charge on any atom is -0.508 e. The number of aryl methyl sites for hydroxylation is 1. The van der Waals surface area contributed by atoms with E-state index in [4.69, 9.17) is 10.8 Å². The summed E-state index contributed by atoms with van der Waals surface area (Å²) in [6.45, 7) is 1.70. The van der Waals surface area contributed by atoms with Gasteiger partial charge < -0.3 is 21.3 Å². The number of hydrogen-bond donors (Lipinski definition) is 4. The first-order chi connectivity index (χ1) is 8.40. The van der Waals surface area contributed by atoms with E-state index in [0.29, 0.717) is 11.3 Å². The Kier molecular flexibility index (Phi) is 4.67. The van der Waals surface area contributed by atoms with E-state index in [0.717, 1.165) is 0 Å². The van der Waals surface area contributed by atoms with Crippen LogP contribution in [0.5, 0.6) is 5.75 Å². The van der Waals surface area contributed by atoms with Gasteiger partial charge in [0, 0.05) is 12.1 Å². The number of carboxylic acids is 1. The molecule has 0 heterocycles. The van der Waals surface area contributed by atoms with E-state index >= 15 is 0 Å². The maximum absolute atomic E-state index is 11.6. The lowest BCUT2D eigenvalue weighted by atomic mass is 10.1. The van der Waals surface area contributed by atoms with Crippen LogP contribution in [0.1, 0.15) is 18.4 Å². The standard InChI is InChI=1S/C12H16N2O4/c1-7-6-8(2-4-10(7)15)14-12(18)9(13)3-5-11(16)17/h2,4,6,9,15H,3,5,13H2,1H3,(H,14,18)(H,16,17). The van der Waals surface area contributed by atoms with Crippen LogP contribution in [0.4, 0.5) is 5.69 Å². The average Bonchev–Trinajstić information content (AvgIpc) is 2.30. The van der Waals surface area contributed by atoms with Crippen molar-refractivity contribution in [3.05, 3.63) is 23.8 Å². The molecule has 98 valence electrons. The minimum absolute atomic E-state index is 0.0816. The number of hydrogen-bond acceptors (Lipinski definition) is 4. The number of rotatable bonds is 5. The molecule has 0 spiro atoms. The Hall–Kier alpha value is -2.08. The zero-order chi connectivity index (χ0) is 13.7. The average molecular weight is 252 g/mol. The maximum Gasteiger partial charge on any atom is 0.303 e. The third kappa shape index (κ3) is 4.06. The molecule has 1 unspecified atom stereocenters. The van der Waals surface area contributed by atoms with Gasteiger partial charge in [-0.25, -0.2) is 0 Å². The van der Waals surface area contributed by atoms with Crippen molar-refractivity contribution < 1.29 is 19.8 Å². The summed E-state index contributed by atoms with van der Waals surface area (Å²) >= 11 is 0. The number of carboxylic acid groups (broad SMARTS) is 1. The lowest BCUT2D eigenvalue weighted by Crippen LogP contribution is -2.36. The molecule has 0 aliphatic rings. The Bertz CT molecular complexity index is 459. The molecule has 0 saturated carbocycles. The van der Waals surface area contributed by atoms with Crippen molar-refractivity contribution >= 4 is 17.6 Å². The van der Waals surface area contributed by atoms with Crippen LogP contribution in [0, 0.1) is 6.92 Å². The molecule has 0 fully saturated rings. The third-order valence-electron chi connectivity index (χ3n) is 2.47. The van der Waals surface area contributed by atoms with Crippen LogP contribution < -0.4 is 11.1 Å². The van der Waals surface area contributed by atoms with Crippen molar-refractivity contribution in [1.82, 2.24) is 0 Å². The number of anilines is 1. The molecule has 6 nitrogen and oxygen atoms in total. The Morgan fingerprint density at radius 1 is 1.44 bits per heavy atom. The number of phenols is 1. The molecule has 1 amide bonds. The monoisotopic (exact) mass is 252 g/mol. The van der Waals surface area contributed by atoms with Gasteiger partial charge in [0.1, 0.15) is 5.75 Å². The molecule has 1 atom stereocenters. The van der Waals surface area contributed by atoms with Gasteiger partial charge in [0.05, 0.1) is 6.04 Å².